The summed E-state index contributed by atoms with van der Waals surface area (Å²) in [6.07, 6.45) is 0. The lowest BCUT2D eigenvalue weighted by molar-refractivity contribution is -0.121. The lowest BCUT2D eigenvalue weighted by Crippen LogP contribution is -2.48. The number of benzene rings is 1. The minimum Gasteiger partial charge on any atom is -0.324 e. The summed E-state index contributed by atoms with van der Waals surface area (Å²) in [6.45, 7) is 4.53. The molecule has 3 N–H and O–H groups in total. The average Bonchev–Trinajstić information content (AvgIpc) is 2.32. The number of hydrogen-bond acceptors (Lipinski definition) is 3. The number of carbonyl (C=O) groups excluding carboxylic acids is 2. The van der Waals surface area contributed by atoms with E-state index in [0.29, 0.717) is 0 Å². The van der Waals surface area contributed by atoms with E-state index in [9.17, 15) is 18.4 Å². The van der Waals surface area contributed by atoms with Crippen molar-refractivity contribution in [3.63, 3.8) is 0 Å². The van der Waals surface area contributed by atoms with Gasteiger partial charge in [0.25, 0.3) is 0 Å². The monoisotopic (exact) mass is 333 g/mol. The summed E-state index contributed by atoms with van der Waals surface area (Å²) in [5.74, 6) is -2.94. The molecule has 122 valence electrons. The Morgan fingerprint density at radius 3 is 2.09 bits per heavy atom. The van der Waals surface area contributed by atoms with Gasteiger partial charge in [-0.2, -0.15) is 0 Å². The Morgan fingerprint density at radius 2 is 1.68 bits per heavy atom. The highest BCUT2D eigenvalue weighted by Crippen LogP contribution is 2.27. The number of halogens is 3. The van der Waals surface area contributed by atoms with Crippen LogP contribution in [-0.2, 0) is 9.59 Å². The van der Waals surface area contributed by atoms with E-state index < -0.39 is 17.5 Å². The predicted molar refractivity (Wildman–Crippen MR) is 82.1 cm³/mol. The van der Waals surface area contributed by atoms with Gasteiger partial charge in [-0.15, -0.1) is 12.4 Å². The topological polar surface area (TPSA) is 70.2 Å². The number of rotatable bonds is 4. The van der Waals surface area contributed by atoms with E-state index in [1.165, 1.54) is 6.92 Å². The fourth-order valence-corrected chi connectivity index (χ4v) is 2.07. The maximum atomic E-state index is 13.3. The van der Waals surface area contributed by atoms with Crippen molar-refractivity contribution < 1.29 is 18.4 Å². The second-order valence-electron chi connectivity index (χ2n) is 5.19. The summed E-state index contributed by atoms with van der Waals surface area (Å²) in [5.41, 5.74) is 0.0851. The van der Waals surface area contributed by atoms with Gasteiger partial charge >= 0.3 is 0 Å². The van der Waals surface area contributed by atoms with Crippen molar-refractivity contribution in [1.29, 1.82) is 0 Å². The van der Waals surface area contributed by atoms with Gasteiger partial charge in [-0.25, -0.2) is 8.78 Å². The molecule has 2 rings (SSSR count). The van der Waals surface area contributed by atoms with Crippen LogP contribution in [0.3, 0.4) is 0 Å². The average molecular weight is 334 g/mol. The first-order valence-electron chi connectivity index (χ1n) is 6.66. The van der Waals surface area contributed by atoms with Crippen molar-refractivity contribution in [2.45, 2.75) is 13.8 Å². The van der Waals surface area contributed by atoms with Gasteiger partial charge in [0.2, 0.25) is 11.8 Å². The maximum absolute atomic E-state index is 13.3. The van der Waals surface area contributed by atoms with Crippen LogP contribution in [0.2, 0.25) is 0 Å². The fraction of sp³-hybridized carbons (Fsp3) is 0.429. The standard InChI is InChI=1S/C14H17F2N3O2.ClH/c1-7(9-5-17-6-9)14(21)19-13-4-11(16)10(15)3-12(13)18-8(2)20;/h3-4,7,9,17H,5-6H2,1-2H3,(H,18,20)(H,19,21);1H. The number of hydrogen-bond donors (Lipinski definition) is 3. The molecule has 0 spiro atoms. The summed E-state index contributed by atoms with van der Waals surface area (Å²) in [5, 5.41) is 7.98. The number of amides is 2. The highest BCUT2D eigenvalue weighted by molar-refractivity contribution is 5.99. The summed E-state index contributed by atoms with van der Waals surface area (Å²) >= 11 is 0. The summed E-state index contributed by atoms with van der Waals surface area (Å²) in [4.78, 5) is 23.2. The van der Waals surface area contributed by atoms with Crippen LogP contribution in [0.4, 0.5) is 20.2 Å². The van der Waals surface area contributed by atoms with Crippen molar-refractivity contribution in [2.75, 3.05) is 23.7 Å². The Morgan fingerprint density at radius 1 is 1.18 bits per heavy atom. The van der Waals surface area contributed by atoms with Crippen LogP contribution in [0.25, 0.3) is 0 Å². The van der Waals surface area contributed by atoms with E-state index in [-0.39, 0.29) is 41.5 Å². The molecule has 1 fully saturated rings. The van der Waals surface area contributed by atoms with Crippen LogP contribution >= 0.6 is 12.4 Å². The number of nitrogens with one attached hydrogen (secondary N) is 3. The minimum atomic E-state index is -1.09. The maximum Gasteiger partial charge on any atom is 0.227 e. The molecule has 1 saturated heterocycles. The molecule has 1 heterocycles. The molecule has 22 heavy (non-hydrogen) atoms. The molecular weight excluding hydrogens is 316 g/mol. The number of carbonyl (C=O) groups is 2. The van der Waals surface area contributed by atoms with Gasteiger partial charge in [0.05, 0.1) is 11.4 Å². The zero-order chi connectivity index (χ0) is 15.6. The molecular formula is C14H18ClF2N3O2. The molecule has 2 amide bonds. The van der Waals surface area contributed by atoms with E-state index in [0.717, 1.165) is 25.2 Å². The highest BCUT2D eigenvalue weighted by atomic mass is 35.5. The van der Waals surface area contributed by atoms with Crippen LogP contribution in [0.15, 0.2) is 12.1 Å². The Labute approximate surface area is 133 Å². The Balaban J connectivity index is 0.00000242. The highest BCUT2D eigenvalue weighted by Gasteiger charge is 2.29. The molecule has 0 aliphatic carbocycles. The van der Waals surface area contributed by atoms with Gasteiger partial charge in [0.15, 0.2) is 11.6 Å². The Hall–Kier alpha value is -1.73. The summed E-state index contributed by atoms with van der Waals surface area (Å²) in [7, 11) is 0. The molecule has 8 heteroatoms. The van der Waals surface area contributed by atoms with E-state index in [1.807, 2.05) is 0 Å². The molecule has 1 unspecified atom stereocenters. The van der Waals surface area contributed by atoms with Crippen LogP contribution in [0.5, 0.6) is 0 Å². The SMILES string of the molecule is CC(=O)Nc1cc(F)c(F)cc1NC(=O)C(C)C1CNC1.Cl. The third-order valence-corrected chi connectivity index (χ3v) is 3.56. The molecule has 1 aliphatic heterocycles. The fourth-order valence-electron chi connectivity index (χ4n) is 2.07. The molecule has 0 aromatic heterocycles. The number of anilines is 2. The Bertz CT molecular complexity index is 579. The smallest absolute Gasteiger partial charge is 0.227 e. The molecule has 1 aliphatic rings. The van der Waals surface area contributed by atoms with Gasteiger partial charge in [-0.3, -0.25) is 9.59 Å². The molecule has 1 atom stereocenters. The molecule has 0 bridgehead atoms. The third kappa shape index (κ3) is 4.14. The second kappa shape index (κ2) is 7.51. The quantitative estimate of drug-likeness (QED) is 0.790. The van der Waals surface area contributed by atoms with Gasteiger partial charge < -0.3 is 16.0 Å². The lowest BCUT2D eigenvalue weighted by Gasteiger charge is -2.31. The van der Waals surface area contributed by atoms with Crippen molar-refractivity contribution in [3.05, 3.63) is 23.8 Å². The summed E-state index contributed by atoms with van der Waals surface area (Å²) in [6, 6.07) is 1.71. The largest absolute Gasteiger partial charge is 0.324 e. The van der Waals surface area contributed by atoms with Crippen LogP contribution < -0.4 is 16.0 Å². The van der Waals surface area contributed by atoms with E-state index in [1.54, 1.807) is 6.92 Å². The van der Waals surface area contributed by atoms with E-state index in [2.05, 4.69) is 16.0 Å². The van der Waals surface area contributed by atoms with Gasteiger partial charge in [-0.1, -0.05) is 6.92 Å². The second-order valence-corrected chi connectivity index (χ2v) is 5.19. The van der Waals surface area contributed by atoms with Crippen molar-refractivity contribution in [2.24, 2.45) is 11.8 Å². The van der Waals surface area contributed by atoms with E-state index >= 15 is 0 Å². The molecule has 1 aromatic carbocycles. The first kappa shape index (κ1) is 18.3. The summed E-state index contributed by atoms with van der Waals surface area (Å²) < 4.78 is 26.6. The van der Waals surface area contributed by atoms with Gasteiger partial charge in [0, 0.05) is 25.0 Å². The van der Waals surface area contributed by atoms with Gasteiger partial charge in [-0.05, 0) is 19.0 Å². The predicted octanol–water partition coefficient (Wildman–Crippen LogP) is 2.14. The zero-order valence-corrected chi connectivity index (χ0v) is 13.0. The molecule has 0 saturated carbocycles. The first-order chi connectivity index (χ1) is 9.88. The van der Waals surface area contributed by atoms with Gasteiger partial charge in [0.1, 0.15) is 0 Å². The van der Waals surface area contributed by atoms with Crippen molar-refractivity contribution >= 4 is 35.6 Å². The Kier molecular flexibility index (Phi) is 6.25. The zero-order valence-electron chi connectivity index (χ0n) is 12.2. The van der Waals surface area contributed by atoms with Crippen molar-refractivity contribution in [1.82, 2.24) is 5.32 Å². The van der Waals surface area contributed by atoms with Crippen LogP contribution in [0.1, 0.15) is 13.8 Å². The lowest BCUT2D eigenvalue weighted by atomic mass is 9.88. The van der Waals surface area contributed by atoms with Crippen LogP contribution in [-0.4, -0.2) is 24.9 Å². The molecule has 1 aromatic rings. The third-order valence-electron chi connectivity index (χ3n) is 3.56. The van der Waals surface area contributed by atoms with E-state index in [4.69, 9.17) is 0 Å². The first-order valence-corrected chi connectivity index (χ1v) is 6.66. The molecule has 0 radical (unpaired) electrons. The normalized spacial score (nSPS) is 15.3. The minimum absolute atomic E-state index is 0. The van der Waals surface area contributed by atoms with Crippen molar-refractivity contribution in [3.8, 4) is 0 Å². The molecule has 5 nitrogen and oxygen atoms in total. The van der Waals surface area contributed by atoms with Crippen LogP contribution in [0, 0.1) is 23.5 Å².